The van der Waals surface area contributed by atoms with Gasteiger partial charge in [-0.25, -0.2) is 0 Å². The lowest BCUT2D eigenvalue weighted by atomic mass is 9.97. The molecule has 3 heteroatoms. The van der Waals surface area contributed by atoms with Gasteiger partial charge in [-0.15, -0.1) is 0 Å². The van der Waals surface area contributed by atoms with Gasteiger partial charge in [0.2, 0.25) is 5.70 Å². The van der Waals surface area contributed by atoms with E-state index < -0.39 is 0 Å². The Balaban J connectivity index is 1.23. The van der Waals surface area contributed by atoms with Gasteiger partial charge >= 0.3 is 0 Å². The SMILES string of the molecule is O=C1C(c2ccccc2)=C(c2ccccc2)[n+]2ccc(C=CC=C3C=C(c4ccccc4)OC(c4ccccc4)=C3)cc21. The number of ether oxygens (including phenoxy) is 1. The summed E-state index contributed by atoms with van der Waals surface area (Å²) in [5.41, 5.74) is 8.20. The Morgan fingerprint density at radius 3 is 1.65 bits per heavy atom. The fourth-order valence-corrected chi connectivity index (χ4v) is 5.48. The van der Waals surface area contributed by atoms with Crippen LogP contribution in [0.15, 0.2) is 170 Å². The molecule has 1 aromatic heterocycles. The van der Waals surface area contributed by atoms with Crippen LogP contribution in [0.1, 0.15) is 38.3 Å². The van der Waals surface area contributed by atoms with Crippen molar-refractivity contribution in [2.24, 2.45) is 0 Å². The first-order chi connectivity index (χ1) is 21.2. The number of nitrogens with zero attached hydrogens (tertiary/aromatic N) is 1. The van der Waals surface area contributed by atoms with Gasteiger partial charge in [-0.1, -0.05) is 127 Å². The smallest absolute Gasteiger partial charge is 0.264 e. The summed E-state index contributed by atoms with van der Waals surface area (Å²) in [4.78, 5) is 13.9. The van der Waals surface area contributed by atoms with Crippen LogP contribution in [0.2, 0.25) is 0 Å². The largest absolute Gasteiger partial charge is 0.456 e. The van der Waals surface area contributed by atoms with Crippen molar-refractivity contribution in [1.29, 1.82) is 0 Å². The second-order valence-electron chi connectivity index (χ2n) is 10.4. The monoisotopic (exact) mass is 554 g/mol. The summed E-state index contributed by atoms with van der Waals surface area (Å²) < 4.78 is 8.33. The van der Waals surface area contributed by atoms with Crippen LogP contribution in [0.5, 0.6) is 0 Å². The van der Waals surface area contributed by atoms with Gasteiger partial charge in [-0.3, -0.25) is 4.79 Å². The highest BCUT2D eigenvalue weighted by atomic mass is 16.5. The predicted octanol–water partition coefficient (Wildman–Crippen LogP) is 8.64. The molecule has 0 amide bonds. The van der Waals surface area contributed by atoms with Crippen molar-refractivity contribution in [3.63, 3.8) is 0 Å². The number of hydrogen-bond acceptors (Lipinski definition) is 2. The van der Waals surface area contributed by atoms with Crippen LogP contribution in [-0.2, 0) is 4.74 Å². The molecule has 2 aliphatic rings. The molecule has 204 valence electrons. The number of Topliss-reactive ketones (excluding diaryl/α,β-unsaturated/α-hetero) is 1. The van der Waals surface area contributed by atoms with Crippen LogP contribution in [0.4, 0.5) is 0 Å². The molecule has 7 rings (SSSR count). The number of carbonyl (C=O) groups excluding carboxylic acids is 1. The van der Waals surface area contributed by atoms with E-state index in [1.165, 1.54) is 0 Å². The third-order valence-corrected chi connectivity index (χ3v) is 7.54. The van der Waals surface area contributed by atoms with E-state index in [2.05, 4.69) is 30.4 Å². The molecule has 0 fully saturated rings. The van der Waals surface area contributed by atoms with Gasteiger partial charge in [0.15, 0.2) is 6.20 Å². The van der Waals surface area contributed by atoms with E-state index in [9.17, 15) is 4.79 Å². The third-order valence-electron chi connectivity index (χ3n) is 7.54. The lowest BCUT2D eigenvalue weighted by molar-refractivity contribution is -0.577. The molecule has 0 unspecified atom stereocenters. The molecule has 0 bridgehead atoms. The van der Waals surface area contributed by atoms with E-state index in [0.717, 1.165) is 56.2 Å². The summed E-state index contributed by atoms with van der Waals surface area (Å²) in [6.45, 7) is 0. The van der Waals surface area contributed by atoms with Crippen molar-refractivity contribution in [2.75, 3.05) is 0 Å². The molecule has 3 heterocycles. The Morgan fingerprint density at radius 2 is 1.09 bits per heavy atom. The van der Waals surface area contributed by atoms with Crippen LogP contribution in [0.25, 0.3) is 28.9 Å². The number of ketones is 1. The zero-order valence-electron chi connectivity index (χ0n) is 23.4. The summed E-state index contributed by atoms with van der Waals surface area (Å²) in [6, 6.07) is 44.3. The maximum atomic E-state index is 13.9. The Kier molecular flexibility index (Phi) is 7.04. The standard InChI is InChI=1S/C40H28NO2/c42-40-35-26-29(24-25-41(35)39(34-22-11-4-12-23-34)38(40)33-20-9-3-10-21-33)14-13-15-30-27-36(31-16-5-1-6-17-31)43-37(28-30)32-18-7-2-8-19-32/h1-28H/q+1. The number of hydrogen-bond donors (Lipinski definition) is 0. The highest BCUT2D eigenvalue weighted by molar-refractivity contribution is 6.34. The Morgan fingerprint density at radius 1 is 0.581 bits per heavy atom. The summed E-state index contributed by atoms with van der Waals surface area (Å²) in [5.74, 6) is 1.62. The van der Waals surface area contributed by atoms with E-state index in [-0.39, 0.29) is 5.78 Å². The lowest BCUT2D eigenvalue weighted by Gasteiger charge is -2.18. The number of pyridine rings is 1. The Hall–Kier alpha value is -5.80. The number of benzene rings is 4. The number of aromatic nitrogens is 1. The van der Waals surface area contributed by atoms with Crippen molar-refractivity contribution in [2.45, 2.75) is 0 Å². The van der Waals surface area contributed by atoms with Crippen molar-refractivity contribution >= 4 is 34.6 Å². The first kappa shape index (κ1) is 26.1. The second-order valence-corrected chi connectivity index (χ2v) is 10.4. The quantitative estimate of drug-likeness (QED) is 0.197. The summed E-state index contributed by atoms with van der Waals surface area (Å²) >= 11 is 0. The van der Waals surface area contributed by atoms with E-state index in [0.29, 0.717) is 5.69 Å². The Labute approximate surface area is 251 Å². The molecule has 2 aliphatic heterocycles. The average molecular weight is 555 g/mol. The van der Waals surface area contributed by atoms with Crippen LogP contribution >= 0.6 is 0 Å². The summed E-state index contributed by atoms with van der Waals surface area (Å²) in [5, 5.41) is 0. The molecule has 0 radical (unpaired) electrons. The topological polar surface area (TPSA) is 30.2 Å². The third kappa shape index (κ3) is 5.32. The molecule has 0 saturated carbocycles. The maximum absolute atomic E-state index is 13.9. The van der Waals surface area contributed by atoms with E-state index in [1.54, 1.807) is 0 Å². The van der Waals surface area contributed by atoms with Gasteiger partial charge in [0, 0.05) is 28.8 Å². The molecule has 43 heavy (non-hydrogen) atoms. The molecule has 4 aromatic carbocycles. The molecule has 5 aromatic rings. The highest BCUT2D eigenvalue weighted by Gasteiger charge is 2.39. The molecular formula is C40H28NO2+. The zero-order valence-corrected chi connectivity index (χ0v) is 23.4. The van der Waals surface area contributed by atoms with Gasteiger partial charge in [0.05, 0.1) is 0 Å². The minimum atomic E-state index is 0.0222. The van der Waals surface area contributed by atoms with Crippen LogP contribution in [0, 0.1) is 0 Å². The van der Waals surface area contributed by atoms with Crippen LogP contribution in [0.3, 0.4) is 0 Å². The molecule has 0 aliphatic carbocycles. The van der Waals surface area contributed by atoms with Crippen molar-refractivity contribution in [3.05, 3.63) is 203 Å². The predicted molar refractivity (Wildman–Crippen MR) is 173 cm³/mol. The number of allylic oxidation sites excluding steroid dienone is 6. The maximum Gasteiger partial charge on any atom is 0.264 e. The summed E-state index contributed by atoms with van der Waals surface area (Å²) in [6.07, 6.45) is 12.2. The summed E-state index contributed by atoms with van der Waals surface area (Å²) in [7, 11) is 0. The molecular weight excluding hydrogens is 526 g/mol. The normalized spacial score (nSPS) is 14.3. The van der Waals surface area contributed by atoms with Gasteiger partial charge in [-0.05, 0) is 41.0 Å². The van der Waals surface area contributed by atoms with E-state index in [4.69, 9.17) is 4.74 Å². The molecule has 0 N–H and O–H groups in total. The minimum Gasteiger partial charge on any atom is -0.456 e. The zero-order chi connectivity index (χ0) is 29.0. The van der Waals surface area contributed by atoms with Crippen LogP contribution < -0.4 is 4.57 Å². The van der Waals surface area contributed by atoms with Gasteiger partial charge < -0.3 is 4.74 Å². The van der Waals surface area contributed by atoms with Crippen molar-refractivity contribution < 1.29 is 14.1 Å². The molecule has 0 atom stereocenters. The molecule has 0 spiro atoms. The average Bonchev–Trinajstić information content (AvgIpc) is 3.37. The van der Waals surface area contributed by atoms with Gasteiger partial charge in [-0.2, -0.15) is 4.57 Å². The fraction of sp³-hybridized carbons (Fsp3) is 0. The van der Waals surface area contributed by atoms with E-state index >= 15 is 0 Å². The fourth-order valence-electron chi connectivity index (χ4n) is 5.48. The number of carbonyl (C=O) groups is 1. The minimum absolute atomic E-state index is 0.0222. The lowest BCUT2D eigenvalue weighted by Crippen LogP contribution is -2.34. The van der Waals surface area contributed by atoms with Crippen LogP contribution in [-0.4, -0.2) is 5.78 Å². The van der Waals surface area contributed by atoms with Gasteiger partial charge in [0.25, 0.3) is 11.5 Å². The second kappa shape index (κ2) is 11.6. The number of rotatable bonds is 6. The highest BCUT2D eigenvalue weighted by Crippen LogP contribution is 2.33. The van der Waals surface area contributed by atoms with Crippen molar-refractivity contribution in [3.8, 4) is 0 Å². The molecule has 3 nitrogen and oxygen atoms in total. The first-order valence-corrected chi connectivity index (χ1v) is 14.3. The Bertz CT molecular complexity index is 1910. The number of fused-ring (bicyclic) bond motifs is 1. The first-order valence-electron chi connectivity index (χ1n) is 14.3. The van der Waals surface area contributed by atoms with E-state index in [1.807, 2.05) is 144 Å². The molecule has 0 saturated heterocycles. The van der Waals surface area contributed by atoms with Gasteiger partial charge in [0.1, 0.15) is 17.1 Å². The van der Waals surface area contributed by atoms with Crippen molar-refractivity contribution in [1.82, 2.24) is 0 Å².